The molecule has 1 aliphatic rings. The van der Waals surface area contributed by atoms with Crippen LogP contribution >= 0.6 is 0 Å². The fourth-order valence-corrected chi connectivity index (χ4v) is 2.55. The lowest BCUT2D eigenvalue weighted by Gasteiger charge is -2.26. The maximum Gasteiger partial charge on any atom is 0.311 e. The normalized spacial score (nSPS) is 15.0. The number of hydrogen-bond donors (Lipinski definition) is 2. The van der Waals surface area contributed by atoms with Crippen LogP contribution in [0.2, 0.25) is 0 Å². The number of carbonyl (C=O) groups is 2. The van der Waals surface area contributed by atoms with Crippen LogP contribution in [0.1, 0.15) is 58.3 Å². The minimum Gasteiger partial charge on any atom is -0.348 e. The zero-order valence-corrected chi connectivity index (χ0v) is 13.5. The first-order valence-corrected chi connectivity index (χ1v) is 8.53. The maximum absolute atomic E-state index is 11.9. The largest absolute Gasteiger partial charge is 0.348 e. The van der Waals surface area contributed by atoms with Gasteiger partial charge in [0.1, 0.15) is 0 Å². The van der Waals surface area contributed by atoms with Crippen LogP contribution in [0, 0.1) is 0 Å². The molecule has 1 saturated heterocycles. The van der Waals surface area contributed by atoms with E-state index >= 15 is 0 Å². The molecule has 0 unspecified atom stereocenters. The average molecular weight is 297 g/mol. The number of hydrogen-bond acceptors (Lipinski definition) is 3. The van der Waals surface area contributed by atoms with E-state index in [1.54, 1.807) is 4.90 Å². The molecule has 0 atom stereocenters. The smallest absolute Gasteiger partial charge is 0.311 e. The molecule has 0 saturated carbocycles. The molecule has 0 aromatic carbocycles. The quantitative estimate of drug-likeness (QED) is 0.503. The third-order valence-electron chi connectivity index (χ3n) is 3.91. The van der Waals surface area contributed by atoms with Gasteiger partial charge in [0.2, 0.25) is 0 Å². The monoisotopic (exact) mass is 297 g/mol. The van der Waals surface area contributed by atoms with Crippen LogP contribution in [0.3, 0.4) is 0 Å². The Labute approximate surface area is 128 Å². The lowest BCUT2D eigenvalue weighted by molar-refractivity contribution is -0.146. The molecule has 0 bridgehead atoms. The van der Waals surface area contributed by atoms with Gasteiger partial charge >= 0.3 is 11.8 Å². The van der Waals surface area contributed by atoms with Gasteiger partial charge in [0.15, 0.2) is 0 Å². The van der Waals surface area contributed by atoms with Crippen molar-refractivity contribution in [3.63, 3.8) is 0 Å². The van der Waals surface area contributed by atoms with E-state index in [2.05, 4.69) is 17.6 Å². The molecule has 1 heterocycles. The topological polar surface area (TPSA) is 61.4 Å². The first kappa shape index (κ1) is 18.0. The van der Waals surface area contributed by atoms with E-state index in [0.29, 0.717) is 19.6 Å². The molecule has 0 aliphatic carbocycles. The van der Waals surface area contributed by atoms with Gasteiger partial charge in [0.25, 0.3) is 0 Å². The Bertz CT molecular complexity index is 302. The van der Waals surface area contributed by atoms with Gasteiger partial charge in [-0.2, -0.15) is 0 Å². The number of nitrogens with one attached hydrogen (secondary N) is 2. The van der Waals surface area contributed by atoms with Crippen LogP contribution in [0.5, 0.6) is 0 Å². The van der Waals surface area contributed by atoms with Crippen molar-refractivity contribution in [1.29, 1.82) is 0 Å². The summed E-state index contributed by atoms with van der Waals surface area (Å²) in [5.74, 6) is -0.823. The Balaban J connectivity index is 1.96. The SMILES string of the molecule is CCCCCCCCCCNC(=O)C(=O)N1CCNCC1. The van der Waals surface area contributed by atoms with E-state index in [9.17, 15) is 9.59 Å². The van der Waals surface area contributed by atoms with Crippen molar-refractivity contribution in [3.8, 4) is 0 Å². The molecule has 2 amide bonds. The summed E-state index contributed by atoms with van der Waals surface area (Å²) in [5, 5.41) is 5.91. The van der Waals surface area contributed by atoms with Crippen molar-refractivity contribution in [1.82, 2.24) is 15.5 Å². The van der Waals surface area contributed by atoms with Crippen molar-refractivity contribution in [2.75, 3.05) is 32.7 Å². The summed E-state index contributed by atoms with van der Waals surface area (Å²) in [5.41, 5.74) is 0. The number of nitrogens with zero attached hydrogens (tertiary/aromatic N) is 1. The molecular weight excluding hydrogens is 266 g/mol. The lowest BCUT2D eigenvalue weighted by Crippen LogP contribution is -2.51. The van der Waals surface area contributed by atoms with Crippen LogP contribution < -0.4 is 10.6 Å². The van der Waals surface area contributed by atoms with Gasteiger partial charge in [0.05, 0.1) is 0 Å². The van der Waals surface area contributed by atoms with Crippen LogP contribution in [-0.4, -0.2) is 49.4 Å². The number of piperazine rings is 1. The van der Waals surface area contributed by atoms with Gasteiger partial charge in [-0.3, -0.25) is 9.59 Å². The van der Waals surface area contributed by atoms with Crippen molar-refractivity contribution in [2.45, 2.75) is 58.3 Å². The van der Waals surface area contributed by atoms with Crippen LogP contribution in [0.25, 0.3) is 0 Å². The van der Waals surface area contributed by atoms with E-state index < -0.39 is 5.91 Å². The summed E-state index contributed by atoms with van der Waals surface area (Å²) in [6.45, 7) is 5.65. The Morgan fingerprint density at radius 1 is 0.952 bits per heavy atom. The number of unbranched alkanes of at least 4 members (excludes halogenated alkanes) is 7. The van der Waals surface area contributed by atoms with Crippen LogP contribution in [0.15, 0.2) is 0 Å². The molecule has 21 heavy (non-hydrogen) atoms. The molecule has 5 nitrogen and oxygen atoms in total. The predicted molar refractivity (Wildman–Crippen MR) is 85.1 cm³/mol. The van der Waals surface area contributed by atoms with E-state index in [1.807, 2.05) is 0 Å². The second-order valence-corrected chi connectivity index (χ2v) is 5.77. The van der Waals surface area contributed by atoms with Crippen molar-refractivity contribution in [2.24, 2.45) is 0 Å². The highest BCUT2D eigenvalue weighted by molar-refractivity contribution is 6.35. The second kappa shape index (κ2) is 11.5. The van der Waals surface area contributed by atoms with E-state index in [0.717, 1.165) is 25.9 Å². The standard InChI is InChI=1S/C16H31N3O2/c1-2-3-4-5-6-7-8-9-10-18-15(20)16(21)19-13-11-17-12-14-19/h17H,2-14H2,1H3,(H,18,20). The third kappa shape index (κ3) is 8.05. The summed E-state index contributed by atoms with van der Waals surface area (Å²) in [7, 11) is 0. The van der Waals surface area contributed by atoms with Crippen molar-refractivity contribution >= 4 is 11.8 Å². The van der Waals surface area contributed by atoms with Gasteiger partial charge in [-0.25, -0.2) is 0 Å². The van der Waals surface area contributed by atoms with Crippen LogP contribution in [0.4, 0.5) is 0 Å². The summed E-state index contributed by atoms with van der Waals surface area (Å²) in [6, 6.07) is 0. The molecule has 122 valence electrons. The van der Waals surface area contributed by atoms with Gasteiger partial charge in [0, 0.05) is 32.7 Å². The first-order valence-electron chi connectivity index (χ1n) is 8.53. The van der Waals surface area contributed by atoms with Gasteiger partial charge in [-0.05, 0) is 6.42 Å². The molecule has 0 aromatic heterocycles. The Kier molecular flexibility index (Phi) is 9.87. The zero-order valence-electron chi connectivity index (χ0n) is 13.5. The molecule has 0 aromatic rings. The van der Waals surface area contributed by atoms with Crippen LogP contribution in [-0.2, 0) is 9.59 Å². The van der Waals surface area contributed by atoms with Crippen molar-refractivity contribution in [3.05, 3.63) is 0 Å². The molecular formula is C16H31N3O2. The fourth-order valence-electron chi connectivity index (χ4n) is 2.55. The van der Waals surface area contributed by atoms with E-state index in [1.165, 1.54) is 38.5 Å². The Morgan fingerprint density at radius 3 is 2.14 bits per heavy atom. The fraction of sp³-hybridized carbons (Fsp3) is 0.875. The first-order chi connectivity index (χ1) is 10.3. The lowest BCUT2D eigenvalue weighted by atomic mass is 10.1. The molecule has 5 heteroatoms. The van der Waals surface area contributed by atoms with Gasteiger partial charge in [-0.1, -0.05) is 51.9 Å². The predicted octanol–water partition coefficient (Wildman–Crippen LogP) is 1.68. The zero-order chi connectivity index (χ0) is 15.3. The summed E-state index contributed by atoms with van der Waals surface area (Å²) < 4.78 is 0. The van der Waals surface area contributed by atoms with Gasteiger partial charge < -0.3 is 15.5 Å². The number of rotatable bonds is 9. The molecule has 1 aliphatic heterocycles. The highest BCUT2D eigenvalue weighted by Crippen LogP contribution is 2.07. The molecule has 0 radical (unpaired) electrons. The Morgan fingerprint density at radius 2 is 1.52 bits per heavy atom. The molecule has 1 rings (SSSR count). The highest BCUT2D eigenvalue weighted by Gasteiger charge is 2.22. The second-order valence-electron chi connectivity index (χ2n) is 5.77. The summed E-state index contributed by atoms with van der Waals surface area (Å²) in [4.78, 5) is 25.2. The van der Waals surface area contributed by atoms with E-state index in [-0.39, 0.29) is 5.91 Å². The highest BCUT2D eigenvalue weighted by atomic mass is 16.2. The van der Waals surface area contributed by atoms with Crippen molar-refractivity contribution < 1.29 is 9.59 Å². The minimum absolute atomic E-state index is 0.379. The molecule has 0 spiro atoms. The third-order valence-corrected chi connectivity index (χ3v) is 3.91. The molecule has 2 N–H and O–H groups in total. The number of carbonyl (C=O) groups excluding carboxylic acids is 2. The maximum atomic E-state index is 11.9. The van der Waals surface area contributed by atoms with Gasteiger partial charge in [-0.15, -0.1) is 0 Å². The Hall–Kier alpha value is -1.10. The minimum atomic E-state index is -0.445. The molecule has 1 fully saturated rings. The summed E-state index contributed by atoms with van der Waals surface area (Å²) in [6.07, 6.45) is 9.90. The van der Waals surface area contributed by atoms with E-state index in [4.69, 9.17) is 0 Å². The average Bonchev–Trinajstić information content (AvgIpc) is 2.53. The number of amides is 2. The summed E-state index contributed by atoms with van der Waals surface area (Å²) >= 11 is 0.